The van der Waals surface area contributed by atoms with E-state index < -0.39 is 56.6 Å². The number of nitro groups is 1. The van der Waals surface area contributed by atoms with E-state index in [1.54, 1.807) is 24.7 Å². The number of carboxylic acids is 1. The molecule has 0 bridgehead atoms. The van der Waals surface area contributed by atoms with E-state index in [-0.39, 0.29) is 46.4 Å². The number of hydrogen-bond acceptors (Lipinski definition) is 15. The number of nitrogens with zero attached hydrogens (tertiary/aromatic N) is 5. The van der Waals surface area contributed by atoms with Gasteiger partial charge in [0.25, 0.3) is 18.1 Å². The number of thioether (sulfide) groups is 1. The Labute approximate surface area is 359 Å². The molecule has 2 heterocycles. The van der Waals surface area contributed by atoms with Crippen LogP contribution in [0.5, 0.6) is 5.75 Å². The summed E-state index contributed by atoms with van der Waals surface area (Å²) in [5.41, 5.74) is -0.836. The van der Waals surface area contributed by atoms with E-state index in [0.717, 1.165) is 12.1 Å². The molecule has 19 nitrogen and oxygen atoms in total. The van der Waals surface area contributed by atoms with E-state index in [0.29, 0.717) is 64.2 Å². The lowest BCUT2D eigenvalue weighted by atomic mass is 9.93. The number of aliphatic hydroxyl groups excluding tert-OH is 2. The van der Waals surface area contributed by atoms with Crippen LogP contribution in [-0.4, -0.2) is 112 Å². The summed E-state index contributed by atoms with van der Waals surface area (Å²) < 4.78 is 17.8. The van der Waals surface area contributed by atoms with Crippen LogP contribution in [0.1, 0.15) is 98.4 Å². The molecule has 4 N–H and O–H groups in total. The van der Waals surface area contributed by atoms with Gasteiger partial charge in [0.2, 0.25) is 11.7 Å². The van der Waals surface area contributed by atoms with Crippen LogP contribution < -0.4 is 10.1 Å². The maximum atomic E-state index is 13.5. The number of amides is 3. The number of esters is 1. The van der Waals surface area contributed by atoms with Crippen molar-refractivity contribution in [2.24, 2.45) is 10.8 Å². The first-order valence-electron chi connectivity index (χ1n) is 19.8. The van der Waals surface area contributed by atoms with E-state index in [1.807, 2.05) is 41.5 Å². The van der Waals surface area contributed by atoms with Crippen molar-refractivity contribution < 1.29 is 58.4 Å². The van der Waals surface area contributed by atoms with Crippen molar-refractivity contribution in [3.63, 3.8) is 0 Å². The van der Waals surface area contributed by atoms with Gasteiger partial charge in [0, 0.05) is 73.0 Å². The lowest BCUT2D eigenvalue weighted by molar-refractivity contribution is -0.386. The summed E-state index contributed by atoms with van der Waals surface area (Å²) in [6, 6.07) is 3.63. The average molecular weight is 875 g/mol. The maximum Gasteiger partial charge on any atom is 0.331 e. The summed E-state index contributed by atoms with van der Waals surface area (Å²) >= 11 is 1.38. The van der Waals surface area contributed by atoms with Crippen LogP contribution in [0.4, 0.5) is 5.69 Å². The molecular weight excluding hydrogens is 817 g/mol. The molecule has 0 radical (unpaired) electrons. The topological polar surface area (TPSA) is 263 Å². The first kappa shape index (κ1) is 50.0. The van der Waals surface area contributed by atoms with E-state index in [4.69, 9.17) is 19.3 Å². The number of rotatable bonds is 26. The van der Waals surface area contributed by atoms with Gasteiger partial charge in [-0.15, -0.1) is 16.9 Å². The van der Waals surface area contributed by atoms with Crippen molar-refractivity contribution in [3.8, 4) is 5.75 Å². The standard InChI is InChI=1S/C41H58N6O13S/c1-26(2)61-41(7,8)38(55)60-32(27-13-14-31(29(18-27)47(56)57)59-37(54)30(48)20-36(52)53)19-28-21-45(44-43-28)23-40(5,6)25-58-24-39(3,4)22-42-33(49)12-10-9-11-17-46-34(50)15-16-35(46)51/h13-16,18,20-21,26,32,37,48,54H,9-12,17,19,22-25H2,1-8H3,(H,42,49)(H,52,53)/b30-20-. The van der Waals surface area contributed by atoms with Gasteiger partial charge in [-0.2, -0.15) is 0 Å². The quantitative estimate of drug-likeness (QED) is 0.0144. The average Bonchev–Trinajstić information content (AvgIpc) is 3.72. The summed E-state index contributed by atoms with van der Waals surface area (Å²) in [6.07, 6.45) is 3.44. The number of imide groups is 1. The molecule has 0 saturated heterocycles. The highest BCUT2D eigenvalue weighted by Crippen LogP contribution is 2.36. The van der Waals surface area contributed by atoms with Gasteiger partial charge in [0.15, 0.2) is 5.76 Å². The van der Waals surface area contributed by atoms with Crippen LogP contribution in [0.25, 0.3) is 0 Å². The van der Waals surface area contributed by atoms with Crippen molar-refractivity contribution >= 4 is 47.1 Å². The first-order chi connectivity index (χ1) is 28.4. The van der Waals surface area contributed by atoms with Gasteiger partial charge < -0.3 is 34.8 Å². The van der Waals surface area contributed by atoms with Crippen molar-refractivity contribution in [2.45, 2.75) is 116 Å². The molecular formula is C41H58N6O13S. The lowest BCUT2D eigenvalue weighted by Crippen LogP contribution is -2.37. The number of carboxylic acid groups (broad SMARTS) is 1. The van der Waals surface area contributed by atoms with Crippen molar-refractivity contribution in [1.82, 2.24) is 25.2 Å². The zero-order valence-electron chi connectivity index (χ0n) is 35.9. The second-order valence-electron chi connectivity index (χ2n) is 17.1. The third-order valence-corrected chi connectivity index (χ3v) is 10.3. The number of nitro benzene ring substituents is 1. The molecule has 2 atom stereocenters. The number of carbonyl (C=O) groups excluding carboxylic acids is 4. The summed E-state index contributed by atoms with van der Waals surface area (Å²) in [7, 11) is 0. The molecule has 0 fully saturated rings. The zero-order chi connectivity index (χ0) is 45.7. The third-order valence-electron chi connectivity index (χ3n) is 9.09. The second kappa shape index (κ2) is 22.0. The molecule has 1 aliphatic rings. The fourth-order valence-electron chi connectivity index (χ4n) is 6.14. The molecule has 0 spiro atoms. The molecule has 3 amide bonds. The maximum absolute atomic E-state index is 13.5. The monoisotopic (exact) mass is 874 g/mol. The Balaban J connectivity index is 1.62. The summed E-state index contributed by atoms with van der Waals surface area (Å²) in [5, 5.41) is 52.5. The van der Waals surface area contributed by atoms with Gasteiger partial charge in [-0.25, -0.2) is 4.79 Å². The number of unbranched alkanes of at least 4 members (excludes halogenated alkanes) is 2. The van der Waals surface area contributed by atoms with E-state index in [2.05, 4.69) is 15.6 Å². The number of ether oxygens (including phenoxy) is 3. The minimum atomic E-state index is -2.21. The fraction of sp³-hybridized carbons (Fsp3) is 0.585. The zero-order valence-corrected chi connectivity index (χ0v) is 36.7. The van der Waals surface area contributed by atoms with Crippen LogP contribution in [0.2, 0.25) is 0 Å². The molecule has 0 saturated carbocycles. The van der Waals surface area contributed by atoms with E-state index in [9.17, 15) is 44.3 Å². The molecule has 1 aromatic carbocycles. The number of carbonyl (C=O) groups is 5. The van der Waals surface area contributed by atoms with Crippen LogP contribution >= 0.6 is 11.8 Å². The lowest BCUT2D eigenvalue weighted by Gasteiger charge is -2.29. The predicted molar refractivity (Wildman–Crippen MR) is 223 cm³/mol. The van der Waals surface area contributed by atoms with Crippen molar-refractivity contribution in [2.75, 3.05) is 26.3 Å². The number of aromatic nitrogens is 3. The van der Waals surface area contributed by atoms with Crippen LogP contribution in [0.15, 0.2) is 48.4 Å². The van der Waals surface area contributed by atoms with Gasteiger partial charge in [-0.05, 0) is 38.3 Å². The Hall–Kier alpha value is -5.34. The van der Waals surface area contributed by atoms with Gasteiger partial charge in [0.05, 0.1) is 29.9 Å². The smallest absolute Gasteiger partial charge is 0.331 e. The summed E-state index contributed by atoms with van der Waals surface area (Å²) in [6.45, 7) is 17.1. The number of aliphatic hydroxyl groups is 2. The highest BCUT2D eigenvalue weighted by molar-refractivity contribution is 8.01. The minimum Gasteiger partial charge on any atom is -0.506 e. The summed E-state index contributed by atoms with van der Waals surface area (Å²) in [5.74, 6) is -4.42. The highest BCUT2D eigenvalue weighted by atomic mass is 32.2. The molecule has 61 heavy (non-hydrogen) atoms. The predicted octanol–water partition coefficient (Wildman–Crippen LogP) is 4.83. The van der Waals surface area contributed by atoms with E-state index in [1.165, 1.54) is 34.9 Å². The Morgan fingerprint density at radius 1 is 1.00 bits per heavy atom. The molecule has 336 valence electrons. The van der Waals surface area contributed by atoms with Crippen LogP contribution in [0.3, 0.4) is 0 Å². The molecule has 1 aliphatic heterocycles. The molecule has 3 rings (SSSR count). The Morgan fingerprint density at radius 3 is 2.28 bits per heavy atom. The third kappa shape index (κ3) is 16.6. The number of aliphatic carboxylic acids is 1. The SMILES string of the molecule is CC(C)SC(C)(C)C(=O)OC(Cc1cn(CC(C)(C)COCC(C)(C)CNC(=O)CCCCCN2C(=O)C=CC2=O)nn1)c1ccc(OC(O)/C(O)=C/C(=O)O)c([N+](=O)[O-])c1. The number of benzene rings is 1. The van der Waals surface area contributed by atoms with Crippen LogP contribution in [-0.2, 0) is 46.4 Å². The van der Waals surface area contributed by atoms with Gasteiger partial charge >= 0.3 is 17.6 Å². The molecule has 2 unspecified atom stereocenters. The largest absolute Gasteiger partial charge is 0.506 e. The minimum absolute atomic E-state index is 0.0224. The Bertz CT molecular complexity index is 1940. The molecule has 1 aromatic heterocycles. The van der Waals surface area contributed by atoms with Crippen molar-refractivity contribution in [3.05, 3.63) is 69.8 Å². The number of hydrogen-bond donors (Lipinski definition) is 4. The first-order valence-corrected chi connectivity index (χ1v) is 20.7. The highest BCUT2D eigenvalue weighted by Gasteiger charge is 2.35. The second-order valence-corrected chi connectivity index (χ2v) is 19.3. The summed E-state index contributed by atoms with van der Waals surface area (Å²) in [4.78, 5) is 72.7. The molecule has 20 heteroatoms. The van der Waals surface area contributed by atoms with E-state index >= 15 is 0 Å². The van der Waals surface area contributed by atoms with Crippen LogP contribution in [0, 0.1) is 20.9 Å². The van der Waals surface area contributed by atoms with Gasteiger partial charge in [-0.1, -0.05) is 59.2 Å². The molecule has 0 aliphatic carbocycles. The van der Waals surface area contributed by atoms with Crippen molar-refractivity contribution in [1.29, 1.82) is 0 Å². The number of nitrogens with one attached hydrogen (secondary N) is 1. The molecule has 2 aromatic rings. The fourth-order valence-corrected chi connectivity index (χ4v) is 7.46. The normalized spacial score (nSPS) is 14.7. The van der Waals surface area contributed by atoms with Gasteiger partial charge in [-0.3, -0.25) is 38.9 Å². The Kier molecular flexibility index (Phi) is 18.0. The Morgan fingerprint density at radius 2 is 1.66 bits per heavy atom. The van der Waals surface area contributed by atoms with Gasteiger partial charge in [0.1, 0.15) is 10.9 Å².